The Morgan fingerprint density at radius 1 is 1.08 bits per heavy atom. The highest BCUT2D eigenvalue weighted by Crippen LogP contribution is 2.17. The lowest BCUT2D eigenvalue weighted by molar-refractivity contribution is 0.355. The summed E-state index contributed by atoms with van der Waals surface area (Å²) in [6.07, 6.45) is 0. The van der Waals surface area contributed by atoms with Crippen molar-refractivity contribution in [2.24, 2.45) is 0 Å². The molecule has 0 unspecified atom stereocenters. The van der Waals surface area contributed by atoms with Gasteiger partial charge >= 0.3 is 0 Å². The number of hydrogen-bond donors (Lipinski definition) is 0. The Balaban J connectivity index is 2.80. The van der Waals surface area contributed by atoms with Crippen LogP contribution in [-0.4, -0.2) is 13.1 Å². The summed E-state index contributed by atoms with van der Waals surface area (Å²) >= 11 is 0. The Bertz CT molecular complexity index is 226. The van der Waals surface area contributed by atoms with Crippen LogP contribution in [0.25, 0.3) is 0 Å². The van der Waals surface area contributed by atoms with Crippen LogP contribution in [0, 0.1) is 0 Å². The van der Waals surface area contributed by atoms with Gasteiger partial charge in [0.15, 0.2) is 5.75 Å². The standard InChI is InChI=1S/C10H14NO/c1-3-11(4-2)9-5-7-10(12)8-6-9/h5-8H,3-4H2,1-2H3. The maximum atomic E-state index is 10.8. The first kappa shape index (κ1) is 8.91. The van der Waals surface area contributed by atoms with Gasteiger partial charge in [0.1, 0.15) is 0 Å². The van der Waals surface area contributed by atoms with Gasteiger partial charge in [-0.25, -0.2) is 0 Å². The number of anilines is 1. The lowest BCUT2D eigenvalue weighted by Crippen LogP contribution is -2.21. The Labute approximate surface area is 73.4 Å². The van der Waals surface area contributed by atoms with Crippen LogP contribution in [0.3, 0.4) is 0 Å². The van der Waals surface area contributed by atoms with Crippen molar-refractivity contribution in [2.45, 2.75) is 13.8 Å². The third-order valence-corrected chi connectivity index (χ3v) is 1.97. The van der Waals surface area contributed by atoms with Crippen molar-refractivity contribution in [2.75, 3.05) is 18.0 Å². The summed E-state index contributed by atoms with van der Waals surface area (Å²) in [5, 5.41) is 10.8. The highest BCUT2D eigenvalue weighted by molar-refractivity contribution is 5.48. The van der Waals surface area contributed by atoms with Gasteiger partial charge in [0.25, 0.3) is 0 Å². The van der Waals surface area contributed by atoms with E-state index in [1.807, 2.05) is 12.1 Å². The molecule has 1 rings (SSSR count). The Morgan fingerprint density at radius 2 is 1.58 bits per heavy atom. The Hall–Kier alpha value is -1.18. The monoisotopic (exact) mass is 164 g/mol. The van der Waals surface area contributed by atoms with E-state index in [0.29, 0.717) is 0 Å². The van der Waals surface area contributed by atoms with Gasteiger partial charge in [-0.2, -0.15) is 0 Å². The van der Waals surface area contributed by atoms with Crippen molar-refractivity contribution >= 4 is 5.69 Å². The molecule has 0 aliphatic rings. The predicted octanol–water partition coefficient (Wildman–Crippen LogP) is 2.68. The quantitative estimate of drug-likeness (QED) is 0.673. The predicted molar refractivity (Wildman–Crippen MR) is 50.1 cm³/mol. The molecule has 1 aromatic carbocycles. The fourth-order valence-electron chi connectivity index (χ4n) is 1.25. The molecule has 2 heteroatoms. The van der Waals surface area contributed by atoms with Gasteiger partial charge in [-0.1, -0.05) is 0 Å². The van der Waals surface area contributed by atoms with Crippen molar-refractivity contribution in [3.8, 4) is 5.75 Å². The van der Waals surface area contributed by atoms with Crippen LogP contribution < -0.4 is 4.90 Å². The van der Waals surface area contributed by atoms with E-state index in [1.54, 1.807) is 12.1 Å². The lowest BCUT2D eigenvalue weighted by atomic mass is 10.2. The van der Waals surface area contributed by atoms with E-state index in [1.165, 1.54) is 0 Å². The summed E-state index contributed by atoms with van der Waals surface area (Å²) < 4.78 is 0. The molecule has 0 aromatic heterocycles. The van der Waals surface area contributed by atoms with E-state index in [4.69, 9.17) is 0 Å². The highest BCUT2D eigenvalue weighted by Gasteiger charge is 2.00. The third-order valence-electron chi connectivity index (χ3n) is 1.97. The molecule has 0 saturated carbocycles. The van der Waals surface area contributed by atoms with Crippen molar-refractivity contribution in [1.29, 1.82) is 0 Å². The normalized spacial score (nSPS) is 9.83. The summed E-state index contributed by atoms with van der Waals surface area (Å²) in [4.78, 5) is 2.21. The summed E-state index contributed by atoms with van der Waals surface area (Å²) in [6.45, 7) is 6.17. The van der Waals surface area contributed by atoms with Gasteiger partial charge in [-0.15, -0.1) is 0 Å². The summed E-state index contributed by atoms with van der Waals surface area (Å²) in [6, 6.07) is 6.95. The second-order valence-corrected chi connectivity index (χ2v) is 2.67. The molecule has 0 aliphatic heterocycles. The van der Waals surface area contributed by atoms with E-state index in [9.17, 15) is 5.11 Å². The molecule has 1 radical (unpaired) electrons. The van der Waals surface area contributed by atoms with Crippen LogP contribution in [0.5, 0.6) is 5.75 Å². The minimum absolute atomic E-state index is 0.0749. The van der Waals surface area contributed by atoms with E-state index in [-0.39, 0.29) is 5.75 Å². The van der Waals surface area contributed by atoms with Gasteiger partial charge in [-0.05, 0) is 38.1 Å². The first-order chi connectivity index (χ1) is 5.77. The average Bonchev–Trinajstić information content (AvgIpc) is 2.10. The second kappa shape index (κ2) is 4.00. The summed E-state index contributed by atoms with van der Waals surface area (Å²) in [7, 11) is 0. The fraction of sp³-hybridized carbons (Fsp3) is 0.400. The highest BCUT2D eigenvalue weighted by atomic mass is 16.3. The van der Waals surface area contributed by atoms with Gasteiger partial charge in [0.2, 0.25) is 0 Å². The molecule has 0 saturated heterocycles. The van der Waals surface area contributed by atoms with Crippen LogP contribution in [0.15, 0.2) is 24.3 Å². The molecule has 65 valence electrons. The average molecular weight is 164 g/mol. The lowest BCUT2D eigenvalue weighted by Gasteiger charge is -2.20. The van der Waals surface area contributed by atoms with Crippen LogP contribution in [-0.2, 0) is 5.11 Å². The maximum Gasteiger partial charge on any atom is 0.178 e. The van der Waals surface area contributed by atoms with E-state index in [2.05, 4.69) is 18.7 Å². The minimum atomic E-state index is 0.0749. The molecule has 0 fully saturated rings. The zero-order chi connectivity index (χ0) is 8.97. The smallest absolute Gasteiger partial charge is 0.178 e. The SMILES string of the molecule is CCN(CC)c1ccc([O])cc1. The van der Waals surface area contributed by atoms with Crippen LogP contribution in [0.1, 0.15) is 13.8 Å². The van der Waals surface area contributed by atoms with Crippen LogP contribution in [0.2, 0.25) is 0 Å². The zero-order valence-corrected chi connectivity index (χ0v) is 7.58. The first-order valence-electron chi connectivity index (χ1n) is 4.30. The molecule has 12 heavy (non-hydrogen) atoms. The van der Waals surface area contributed by atoms with Gasteiger partial charge in [0, 0.05) is 18.8 Å². The third kappa shape index (κ3) is 1.91. The van der Waals surface area contributed by atoms with E-state index < -0.39 is 0 Å². The van der Waals surface area contributed by atoms with Gasteiger partial charge < -0.3 is 4.90 Å². The Morgan fingerprint density at radius 3 is 2.00 bits per heavy atom. The Kier molecular flexibility index (Phi) is 2.97. The van der Waals surface area contributed by atoms with Crippen LogP contribution in [0.4, 0.5) is 5.69 Å². The molecular formula is C10H14NO. The molecule has 0 amide bonds. The molecule has 0 bridgehead atoms. The molecule has 0 aliphatic carbocycles. The van der Waals surface area contributed by atoms with Crippen LogP contribution >= 0.6 is 0 Å². The molecule has 2 nitrogen and oxygen atoms in total. The van der Waals surface area contributed by atoms with Crippen molar-refractivity contribution in [3.05, 3.63) is 24.3 Å². The molecular weight excluding hydrogens is 150 g/mol. The number of rotatable bonds is 3. The summed E-state index contributed by atoms with van der Waals surface area (Å²) in [5.74, 6) is 0.0749. The van der Waals surface area contributed by atoms with Crippen molar-refractivity contribution in [3.63, 3.8) is 0 Å². The van der Waals surface area contributed by atoms with Crippen molar-refractivity contribution in [1.82, 2.24) is 0 Å². The van der Waals surface area contributed by atoms with Crippen molar-refractivity contribution < 1.29 is 5.11 Å². The maximum absolute atomic E-state index is 10.8. The summed E-state index contributed by atoms with van der Waals surface area (Å²) in [5.41, 5.74) is 1.12. The molecule has 0 atom stereocenters. The molecule has 0 spiro atoms. The van der Waals surface area contributed by atoms with Gasteiger partial charge in [-0.3, -0.25) is 5.11 Å². The fourth-order valence-corrected chi connectivity index (χ4v) is 1.25. The molecule has 0 heterocycles. The van der Waals surface area contributed by atoms with Gasteiger partial charge in [0.05, 0.1) is 0 Å². The molecule has 1 aromatic rings. The largest absolute Gasteiger partial charge is 0.372 e. The number of benzene rings is 1. The zero-order valence-electron chi connectivity index (χ0n) is 7.58. The first-order valence-corrected chi connectivity index (χ1v) is 4.30. The molecule has 0 N–H and O–H groups in total. The van der Waals surface area contributed by atoms with E-state index >= 15 is 0 Å². The number of nitrogens with zero attached hydrogens (tertiary/aromatic N) is 1. The number of hydrogen-bond acceptors (Lipinski definition) is 1. The second-order valence-electron chi connectivity index (χ2n) is 2.67. The minimum Gasteiger partial charge on any atom is -0.372 e. The topological polar surface area (TPSA) is 23.1 Å². The van der Waals surface area contributed by atoms with E-state index in [0.717, 1.165) is 18.8 Å².